The molecule has 0 amide bonds. The lowest BCUT2D eigenvalue weighted by Crippen LogP contribution is -2.09. The fourth-order valence-electron chi connectivity index (χ4n) is 2.93. The summed E-state index contributed by atoms with van der Waals surface area (Å²) < 4.78 is 18.1. The van der Waals surface area contributed by atoms with Gasteiger partial charge in [0.05, 0.1) is 22.8 Å². The number of thiophene rings is 1. The van der Waals surface area contributed by atoms with Crippen molar-refractivity contribution in [3.05, 3.63) is 47.7 Å². The van der Waals surface area contributed by atoms with Gasteiger partial charge in [-0.1, -0.05) is 35.1 Å². The van der Waals surface area contributed by atoms with E-state index in [0.29, 0.717) is 35.4 Å². The number of carbonyl (C=O) groups is 1. The van der Waals surface area contributed by atoms with Crippen LogP contribution in [0.25, 0.3) is 22.1 Å². The van der Waals surface area contributed by atoms with Crippen molar-refractivity contribution in [1.29, 1.82) is 0 Å². The van der Waals surface area contributed by atoms with E-state index in [1.807, 2.05) is 60.2 Å². The third-order valence-electron chi connectivity index (χ3n) is 4.35. The van der Waals surface area contributed by atoms with Crippen molar-refractivity contribution in [3.8, 4) is 27.8 Å². The van der Waals surface area contributed by atoms with Gasteiger partial charge in [0.2, 0.25) is 5.82 Å². The molecule has 4 rings (SSSR count). The smallest absolute Gasteiger partial charge is 0.316 e. The van der Waals surface area contributed by atoms with Crippen molar-refractivity contribution in [2.24, 2.45) is 0 Å². The number of benzene rings is 1. The number of ether oxygens (including phenoxy) is 2. The number of hydrogen-bond donors (Lipinski definition) is 0. The van der Waals surface area contributed by atoms with Crippen molar-refractivity contribution >= 4 is 29.1 Å². The minimum absolute atomic E-state index is 0.0940. The van der Waals surface area contributed by atoms with Crippen LogP contribution in [0.1, 0.15) is 19.7 Å². The molecule has 166 valence electrons. The first kappa shape index (κ1) is 22.0. The summed E-state index contributed by atoms with van der Waals surface area (Å²) >= 11 is 2.88. The Kier molecular flexibility index (Phi) is 7.17. The average molecular weight is 472 g/mol. The van der Waals surface area contributed by atoms with Gasteiger partial charge in [0.15, 0.2) is 17.6 Å². The Morgan fingerprint density at radius 2 is 2.06 bits per heavy atom. The summed E-state index contributed by atoms with van der Waals surface area (Å²) in [6, 6.07) is 11.4. The van der Waals surface area contributed by atoms with Crippen molar-refractivity contribution in [3.63, 3.8) is 0 Å². The molecule has 0 N–H and O–H groups in total. The van der Waals surface area contributed by atoms with E-state index >= 15 is 0 Å². The Balaban J connectivity index is 1.33. The second kappa shape index (κ2) is 10.4. The second-order valence-corrected chi connectivity index (χ2v) is 8.31. The van der Waals surface area contributed by atoms with Gasteiger partial charge in [-0.2, -0.15) is 4.98 Å². The predicted octanol–water partition coefficient (Wildman–Crippen LogP) is 4.31. The Morgan fingerprint density at radius 3 is 2.84 bits per heavy atom. The third kappa shape index (κ3) is 5.00. The molecule has 0 aliphatic heterocycles. The van der Waals surface area contributed by atoms with E-state index in [1.54, 1.807) is 11.3 Å². The number of para-hydroxylation sites is 1. The molecule has 4 aromatic rings. The summed E-state index contributed by atoms with van der Waals surface area (Å²) in [5, 5.41) is 15.1. The maximum Gasteiger partial charge on any atom is 0.316 e. The standard InChI is InChI=1S/C21H21N5O4S2/c1-3-26-20(16-10-7-11-31-16)23-24-21(26)32-13-18(27)29-12-17-22-19(25-30-17)14-8-5-6-9-15(14)28-4-2/h5-11H,3-4,12-13H2,1-2H3. The van der Waals surface area contributed by atoms with E-state index in [0.717, 1.165) is 10.7 Å². The molecular weight excluding hydrogens is 450 g/mol. The summed E-state index contributed by atoms with van der Waals surface area (Å²) in [6.45, 7) is 5.04. The first-order chi connectivity index (χ1) is 15.7. The lowest BCUT2D eigenvalue weighted by atomic mass is 10.2. The molecule has 0 radical (unpaired) electrons. The van der Waals surface area contributed by atoms with E-state index in [2.05, 4.69) is 20.3 Å². The Morgan fingerprint density at radius 1 is 1.19 bits per heavy atom. The molecular formula is C21H21N5O4S2. The summed E-state index contributed by atoms with van der Waals surface area (Å²) in [6.07, 6.45) is 0. The Bertz CT molecular complexity index is 1170. The number of aromatic nitrogens is 5. The van der Waals surface area contributed by atoms with Crippen LogP contribution in [0.5, 0.6) is 5.75 Å². The first-order valence-corrected chi connectivity index (χ1v) is 11.9. The molecule has 0 saturated carbocycles. The molecule has 11 heteroatoms. The second-order valence-electron chi connectivity index (χ2n) is 6.42. The highest BCUT2D eigenvalue weighted by molar-refractivity contribution is 7.99. The maximum atomic E-state index is 12.2. The van der Waals surface area contributed by atoms with E-state index in [-0.39, 0.29) is 18.3 Å². The van der Waals surface area contributed by atoms with Crippen molar-refractivity contribution in [2.75, 3.05) is 12.4 Å². The average Bonchev–Trinajstić information content (AvgIpc) is 3.57. The van der Waals surface area contributed by atoms with E-state index < -0.39 is 5.97 Å². The highest BCUT2D eigenvalue weighted by Crippen LogP contribution is 2.28. The number of carbonyl (C=O) groups excluding carboxylic acids is 1. The predicted molar refractivity (Wildman–Crippen MR) is 120 cm³/mol. The molecule has 3 heterocycles. The van der Waals surface area contributed by atoms with Crippen LogP contribution in [0.3, 0.4) is 0 Å². The fourth-order valence-corrected chi connectivity index (χ4v) is 4.45. The van der Waals surface area contributed by atoms with E-state index in [9.17, 15) is 4.79 Å². The molecule has 0 aliphatic carbocycles. The highest BCUT2D eigenvalue weighted by atomic mass is 32.2. The van der Waals surface area contributed by atoms with Crippen LogP contribution < -0.4 is 4.74 Å². The lowest BCUT2D eigenvalue weighted by molar-refractivity contribution is -0.142. The monoisotopic (exact) mass is 471 g/mol. The van der Waals surface area contributed by atoms with Gasteiger partial charge in [0, 0.05) is 6.54 Å². The number of rotatable bonds is 10. The molecule has 3 aromatic heterocycles. The van der Waals surface area contributed by atoms with Gasteiger partial charge >= 0.3 is 5.97 Å². The number of thioether (sulfide) groups is 1. The quantitative estimate of drug-likeness (QED) is 0.247. The van der Waals surface area contributed by atoms with Crippen LogP contribution >= 0.6 is 23.1 Å². The summed E-state index contributed by atoms with van der Waals surface area (Å²) in [7, 11) is 0. The topological polar surface area (TPSA) is 105 Å². The van der Waals surface area contributed by atoms with Gasteiger partial charge in [0.1, 0.15) is 5.75 Å². The maximum absolute atomic E-state index is 12.2. The zero-order chi connectivity index (χ0) is 22.3. The number of esters is 1. The molecule has 0 unspecified atom stereocenters. The van der Waals surface area contributed by atoms with Crippen LogP contribution in [-0.2, 0) is 22.7 Å². The molecule has 0 atom stereocenters. The van der Waals surface area contributed by atoms with Gasteiger partial charge in [-0.3, -0.25) is 4.79 Å². The molecule has 0 spiro atoms. The number of nitrogens with zero attached hydrogens (tertiary/aromatic N) is 5. The van der Waals surface area contributed by atoms with Crippen LogP contribution in [0.4, 0.5) is 0 Å². The van der Waals surface area contributed by atoms with Crippen LogP contribution in [0.15, 0.2) is 51.5 Å². The molecule has 0 bridgehead atoms. The molecule has 0 aliphatic rings. The zero-order valence-electron chi connectivity index (χ0n) is 17.6. The van der Waals surface area contributed by atoms with Gasteiger partial charge in [-0.15, -0.1) is 21.5 Å². The highest BCUT2D eigenvalue weighted by Gasteiger charge is 2.17. The van der Waals surface area contributed by atoms with Gasteiger partial charge in [-0.05, 0) is 37.4 Å². The molecule has 1 aromatic carbocycles. The Labute approximate surface area is 192 Å². The Hall–Kier alpha value is -3.18. The van der Waals surface area contributed by atoms with Crippen molar-refractivity contribution < 1.29 is 18.8 Å². The number of hydrogen-bond acceptors (Lipinski definition) is 10. The largest absolute Gasteiger partial charge is 0.493 e. The molecule has 9 nitrogen and oxygen atoms in total. The van der Waals surface area contributed by atoms with Crippen molar-refractivity contribution in [1.82, 2.24) is 24.9 Å². The molecule has 32 heavy (non-hydrogen) atoms. The van der Waals surface area contributed by atoms with Gasteiger partial charge in [-0.25, -0.2) is 0 Å². The first-order valence-electron chi connectivity index (χ1n) is 9.99. The SMILES string of the molecule is CCOc1ccccc1-c1noc(COC(=O)CSc2nnc(-c3cccs3)n2CC)n1. The van der Waals surface area contributed by atoms with Crippen LogP contribution in [-0.4, -0.2) is 43.2 Å². The zero-order valence-corrected chi connectivity index (χ0v) is 19.2. The lowest BCUT2D eigenvalue weighted by Gasteiger charge is -2.06. The summed E-state index contributed by atoms with van der Waals surface area (Å²) in [4.78, 5) is 17.6. The van der Waals surface area contributed by atoms with Crippen LogP contribution in [0, 0.1) is 0 Å². The third-order valence-corrected chi connectivity index (χ3v) is 6.15. The fraction of sp³-hybridized carbons (Fsp3) is 0.286. The van der Waals surface area contributed by atoms with Crippen molar-refractivity contribution in [2.45, 2.75) is 32.2 Å². The normalized spacial score (nSPS) is 10.9. The summed E-state index contributed by atoms with van der Waals surface area (Å²) in [5.41, 5.74) is 0.715. The van der Waals surface area contributed by atoms with Gasteiger partial charge in [0.25, 0.3) is 5.89 Å². The van der Waals surface area contributed by atoms with E-state index in [4.69, 9.17) is 14.0 Å². The van der Waals surface area contributed by atoms with E-state index in [1.165, 1.54) is 11.8 Å². The van der Waals surface area contributed by atoms with Crippen LogP contribution in [0.2, 0.25) is 0 Å². The van der Waals surface area contributed by atoms with Gasteiger partial charge < -0.3 is 18.6 Å². The molecule has 0 saturated heterocycles. The molecule has 0 fully saturated rings. The minimum Gasteiger partial charge on any atom is -0.493 e. The summed E-state index contributed by atoms with van der Waals surface area (Å²) in [5.74, 6) is 1.74. The minimum atomic E-state index is -0.409.